The van der Waals surface area contributed by atoms with Crippen LogP contribution in [-0.2, 0) is 4.84 Å². The molecule has 0 aliphatic rings. The number of rotatable bonds is 3. The molecule has 0 aliphatic carbocycles. The molecule has 2 N–H and O–H groups in total. The average Bonchev–Trinajstić information content (AvgIpc) is 2.46. The molecule has 2 rings (SSSR count). The molecular weight excluding hydrogens is 268 g/mol. The summed E-state index contributed by atoms with van der Waals surface area (Å²) in [5.41, 5.74) is 6.13. The third-order valence-corrected chi connectivity index (χ3v) is 2.41. The molecule has 1 aromatic heterocycles. The van der Waals surface area contributed by atoms with E-state index in [1.54, 1.807) is 30.3 Å². The topological polar surface area (TPSA) is 90.5 Å². The van der Waals surface area contributed by atoms with Crippen LogP contribution in [0.15, 0.2) is 47.9 Å². The summed E-state index contributed by atoms with van der Waals surface area (Å²) in [5.74, 6) is -0.744. The largest absolute Gasteiger partial charge is 0.379 e. The molecule has 0 saturated heterocycles. The summed E-state index contributed by atoms with van der Waals surface area (Å²) in [6.45, 7) is 0. The van der Waals surface area contributed by atoms with E-state index in [4.69, 9.17) is 22.2 Å². The standard InChI is InChI=1S/C12H9ClN4O2/c13-10-9(15-6-7-16-10)11(14)17-19-12(18)8-4-2-1-3-5-8/h1-7H,(H2,14,17). The molecule has 0 unspecified atom stereocenters. The monoisotopic (exact) mass is 276 g/mol. The number of amidine groups is 1. The van der Waals surface area contributed by atoms with Gasteiger partial charge in [-0.15, -0.1) is 0 Å². The molecule has 6 nitrogen and oxygen atoms in total. The van der Waals surface area contributed by atoms with Gasteiger partial charge in [-0.1, -0.05) is 35.0 Å². The normalized spacial score (nSPS) is 11.1. The molecule has 0 spiro atoms. The van der Waals surface area contributed by atoms with Crippen LogP contribution in [0, 0.1) is 0 Å². The number of hydrogen-bond acceptors (Lipinski definition) is 5. The lowest BCUT2D eigenvalue weighted by Crippen LogP contribution is -2.17. The number of hydrogen-bond donors (Lipinski definition) is 1. The predicted octanol–water partition coefficient (Wildman–Crippen LogP) is 1.61. The first kappa shape index (κ1) is 13.0. The molecule has 0 saturated carbocycles. The zero-order valence-corrected chi connectivity index (χ0v) is 10.4. The lowest BCUT2D eigenvalue weighted by atomic mass is 10.2. The van der Waals surface area contributed by atoms with Gasteiger partial charge in [-0.25, -0.2) is 14.8 Å². The zero-order valence-electron chi connectivity index (χ0n) is 9.65. The Balaban J connectivity index is 2.11. The van der Waals surface area contributed by atoms with Gasteiger partial charge >= 0.3 is 5.97 Å². The first-order valence-corrected chi connectivity index (χ1v) is 5.63. The van der Waals surface area contributed by atoms with E-state index in [2.05, 4.69) is 15.1 Å². The summed E-state index contributed by atoms with van der Waals surface area (Å²) in [5, 5.41) is 3.57. The summed E-state index contributed by atoms with van der Waals surface area (Å²) >= 11 is 5.78. The van der Waals surface area contributed by atoms with Crippen molar-refractivity contribution < 1.29 is 9.63 Å². The molecule has 96 valence electrons. The minimum Gasteiger partial charge on any atom is -0.379 e. The van der Waals surface area contributed by atoms with Crippen molar-refractivity contribution in [3.63, 3.8) is 0 Å². The summed E-state index contributed by atoms with van der Waals surface area (Å²) in [6, 6.07) is 8.41. The molecule has 7 heteroatoms. The van der Waals surface area contributed by atoms with Gasteiger partial charge in [-0.3, -0.25) is 0 Å². The fraction of sp³-hybridized carbons (Fsp3) is 0. The number of halogens is 1. The second kappa shape index (κ2) is 5.92. The SMILES string of the molecule is NC(=NOC(=O)c1ccccc1)c1nccnc1Cl. The zero-order chi connectivity index (χ0) is 13.7. The van der Waals surface area contributed by atoms with Crippen molar-refractivity contribution in [2.75, 3.05) is 0 Å². The first-order valence-electron chi connectivity index (χ1n) is 5.25. The number of benzene rings is 1. The van der Waals surface area contributed by atoms with E-state index in [0.717, 1.165) is 0 Å². The molecule has 0 atom stereocenters. The Morgan fingerprint density at radius 1 is 1.21 bits per heavy atom. The van der Waals surface area contributed by atoms with Crippen molar-refractivity contribution >= 4 is 23.4 Å². The van der Waals surface area contributed by atoms with E-state index < -0.39 is 5.97 Å². The molecule has 0 amide bonds. The van der Waals surface area contributed by atoms with Crippen molar-refractivity contribution in [3.8, 4) is 0 Å². The maximum absolute atomic E-state index is 11.6. The van der Waals surface area contributed by atoms with Crippen molar-refractivity contribution in [2.24, 2.45) is 10.9 Å². The molecule has 0 aliphatic heterocycles. The van der Waals surface area contributed by atoms with E-state index in [9.17, 15) is 4.79 Å². The van der Waals surface area contributed by atoms with Crippen LogP contribution in [0.4, 0.5) is 0 Å². The van der Waals surface area contributed by atoms with Crippen molar-refractivity contribution in [1.29, 1.82) is 0 Å². The van der Waals surface area contributed by atoms with Gasteiger partial charge in [0.1, 0.15) is 5.69 Å². The second-order valence-electron chi connectivity index (χ2n) is 3.42. The fourth-order valence-corrected chi connectivity index (χ4v) is 1.46. The van der Waals surface area contributed by atoms with Crippen LogP contribution in [0.25, 0.3) is 0 Å². The van der Waals surface area contributed by atoms with Crippen LogP contribution in [0.3, 0.4) is 0 Å². The smallest absolute Gasteiger partial charge is 0.365 e. The number of carbonyl (C=O) groups is 1. The summed E-state index contributed by atoms with van der Waals surface area (Å²) in [7, 11) is 0. The van der Waals surface area contributed by atoms with Crippen LogP contribution < -0.4 is 5.73 Å². The number of oxime groups is 1. The molecule has 0 radical (unpaired) electrons. The summed E-state index contributed by atoms with van der Waals surface area (Å²) in [6.07, 6.45) is 2.82. The van der Waals surface area contributed by atoms with Gasteiger partial charge in [-0.05, 0) is 12.1 Å². The third kappa shape index (κ3) is 3.26. The number of nitrogens with two attached hydrogens (primary N) is 1. The lowest BCUT2D eigenvalue weighted by Gasteiger charge is -2.01. The maximum Gasteiger partial charge on any atom is 0.365 e. The summed E-state index contributed by atoms with van der Waals surface area (Å²) in [4.78, 5) is 24.0. The van der Waals surface area contributed by atoms with E-state index in [1.165, 1.54) is 12.4 Å². The molecule has 19 heavy (non-hydrogen) atoms. The van der Waals surface area contributed by atoms with Gasteiger partial charge in [0.05, 0.1) is 5.56 Å². The molecular formula is C12H9ClN4O2. The molecule has 2 aromatic rings. The molecule has 1 heterocycles. The minimum atomic E-state index is -0.622. The number of nitrogens with zero attached hydrogens (tertiary/aromatic N) is 3. The van der Waals surface area contributed by atoms with Gasteiger partial charge in [0.25, 0.3) is 0 Å². The van der Waals surface area contributed by atoms with E-state index in [1.807, 2.05) is 0 Å². The van der Waals surface area contributed by atoms with Gasteiger partial charge in [0, 0.05) is 12.4 Å². The average molecular weight is 277 g/mol. The van der Waals surface area contributed by atoms with Crippen molar-refractivity contribution in [1.82, 2.24) is 9.97 Å². The van der Waals surface area contributed by atoms with Gasteiger partial charge in [-0.2, -0.15) is 0 Å². The highest BCUT2D eigenvalue weighted by molar-refractivity contribution is 6.32. The van der Waals surface area contributed by atoms with Gasteiger partial charge in [0.15, 0.2) is 11.0 Å². The van der Waals surface area contributed by atoms with Crippen LogP contribution >= 0.6 is 11.6 Å². The second-order valence-corrected chi connectivity index (χ2v) is 3.78. The Hall–Kier alpha value is -2.47. The first-order chi connectivity index (χ1) is 9.18. The Morgan fingerprint density at radius 2 is 1.89 bits per heavy atom. The van der Waals surface area contributed by atoms with Gasteiger partial charge < -0.3 is 10.6 Å². The molecule has 0 fully saturated rings. The third-order valence-electron chi connectivity index (χ3n) is 2.13. The fourth-order valence-electron chi connectivity index (χ4n) is 1.25. The Morgan fingerprint density at radius 3 is 2.58 bits per heavy atom. The van der Waals surface area contributed by atoms with E-state index in [-0.39, 0.29) is 16.7 Å². The van der Waals surface area contributed by atoms with Crippen molar-refractivity contribution in [2.45, 2.75) is 0 Å². The highest BCUT2D eigenvalue weighted by atomic mass is 35.5. The van der Waals surface area contributed by atoms with Crippen LogP contribution in [-0.4, -0.2) is 21.8 Å². The molecule has 0 bridgehead atoms. The highest BCUT2D eigenvalue weighted by Crippen LogP contribution is 2.08. The van der Waals surface area contributed by atoms with Crippen molar-refractivity contribution in [3.05, 3.63) is 59.1 Å². The van der Waals surface area contributed by atoms with E-state index in [0.29, 0.717) is 5.56 Å². The van der Waals surface area contributed by atoms with Crippen LogP contribution in [0.5, 0.6) is 0 Å². The number of aromatic nitrogens is 2. The van der Waals surface area contributed by atoms with Crippen LogP contribution in [0.1, 0.15) is 16.1 Å². The highest BCUT2D eigenvalue weighted by Gasteiger charge is 2.10. The summed E-state index contributed by atoms with van der Waals surface area (Å²) < 4.78 is 0. The maximum atomic E-state index is 11.6. The Labute approximate surface area is 113 Å². The minimum absolute atomic E-state index is 0.0829. The lowest BCUT2D eigenvalue weighted by molar-refractivity contribution is 0.0516. The quantitative estimate of drug-likeness (QED) is 0.398. The van der Waals surface area contributed by atoms with Gasteiger partial charge in [0.2, 0.25) is 0 Å². The Kier molecular flexibility index (Phi) is 4.04. The predicted molar refractivity (Wildman–Crippen MR) is 69.6 cm³/mol. The van der Waals surface area contributed by atoms with Crippen LogP contribution in [0.2, 0.25) is 5.15 Å². The van der Waals surface area contributed by atoms with E-state index >= 15 is 0 Å². The number of carbonyl (C=O) groups excluding carboxylic acids is 1. The molecule has 1 aromatic carbocycles. The Bertz CT molecular complexity index is 616.